The van der Waals surface area contributed by atoms with Crippen molar-refractivity contribution in [3.8, 4) is 5.75 Å². The van der Waals surface area contributed by atoms with Gasteiger partial charge in [0, 0.05) is 58.0 Å². The van der Waals surface area contributed by atoms with Crippen molar-refractivity contribution in [1.82, 2.24) is 15.1 Å². The van der Waals surface area contributed by atoms with Crippen LogP contribution >= 0.6 is 0 Å². The highest BCUT2D eigenvalue weighted by atomic mass is 16.5. The number of rotatable bonds is 4. The van der Waals surface area contributed by atoms with E-state index >= 15 is 0 Å². The van der Waals surface area contributed by atoms with E-state index in [4.69, 9.17) is 9.47 Å². The quantitative estimate of drug-likeness (QED) is 0.620. The first kappa shape index (κ1) is 19.3. The molecule has 0 spiro atoms. The second-order valence-electron chi connectivity index (χ2n) is 7.85. The highest BCUT2D eigenvalue weighted by molar-refractivity contribution is 5.80. The Balaban J connectivity index is 1.24. The second kappa shape index (κ2) is 9.01. The standard InChI is InChI=1S/C21H33N5O2/c1-22-21(23-14-20-15-26-9-3-4-18(26)16-28-20)25-12-10-24(11-13-25)17-5-7-19(27-2)8-6-17/h5-8,18,20H,3-4,9-16H2,1-2H3,(H,22,23). The van der Waals surface area contributed by atoms with E-state index in [1.807, 2.05) is 19.2 Å². The van der Waals surface area contributed by atoms with Crippen LogP contribution in [0.15, 0.2) is 29.3 Å². The van der Waals surface area contributed by atoms with E-state index < -0.39 is 0 Å². The van der Waals surface area contributed by atoms with Crippen LogP contribution in [0.1, 0.15) is 12.8 Å². The third-order valence-corrected chi connectivity index (χ3v) is 6.18. The summed E-state index contributed by atoms with van der Waals surface area (Å²) in [5.41, 5.74) is 1.25. The summed E-state index contributed by atoms with van der Waals surface area (Å²) in [6, 6.07) is 8.97. The van der Waals surface area contributed by atoms with Crippen LogP contribution in [-0.4, -0.2) is 94.5 Å². The number of hydrogen-bond donors (Lipinski definition) is 1. The molecular formula is C21H33N5O2. The van der Waals surface area contributed by atoms with Crippen molar-refractivity contribution >= 4 is 11.6 Å². The Morgan fingerprint density at radius 3 is 2.68 bits per heavy atom. The molecular weight excluding hydrogens is 354 g/mol. The van der Waals surface area contributed by atoms with Crippen LogP contribution in [0.4, 0.5) is 5.69 Å². The minimum Gasteiger partial charge on any atom is -0.497 e. The summed E-state index contributed by atoms with van der Waals surface area (Å²) in [5, 5.41) is 3.55. The van der Waals surface area contributed by atoms with Crippen LogP contribution in [0.25, 0.3) is 0 Å². The zero-order valence-electron chi connectivity index (χ0n) is 17.1. The van der Waals surface area contributed by atoms with Gasteiger partial charge in [-0.25, -0.2) is 0 Å². The lowest BCUT2D eigenvalue weighted by molar-refractivity contribution is -0.0454. The number of hydrogen-bond acceptors (Lipinski definition) is 5. The molecule has 154 valence electrons. The summed E-state index contributed by atoms with van der Waals surface area (Å²) in [4.78, 5) is 11.9. The summed E-state index contributed by atoms with van der Waals surface area (Å²) < 4.78 is 11.3. The van der Waals surface area contributed by atoms with Crippen molar-refractivity contribution in [2.45, 2.75) is 25.0 Å². The molecule has 7 nitrogen and oxygen atoms in total. The number of guanidine groups is 1. The van der Waals surface area contributed by atoms with Crippen LogP contribution in [-0.2, 0) is 4.74 Å². The van der Waals surface area contributed by atoms with Gasteiger partial charge in [-0.2, -0.15) is 0 Å². The largest absolute Gasteiger partial charge is 0.497 e. The highest BCUT2D eigenvalue weighted by Crippen LogP contribution is 2.23. The fourth-order valence-electron chi connectivity index (χ4n) is 4.52. The molecule has 0 aromatic heterocycles. The normalized spacial score (nSPS) is 26.3. The summed E-state index contributed by atoms with van der Waals surface area (Å²) >= 11 is 0. The first-order valence-corrected chi connectivity index (χ1v) is 10.5. The van der Waals surface area contributed by atoms with Gasteiger partial charge in [-0.05, 0) is 43.7 Å². The van der Waals surface area contributed by atoms with Gasteiger partial charge in [0.1, 0.15) is 5.75 Å². The van der Waals surface area contributed by atoms with Crippen LogP contribution < -0.4 is 15.0 Å². The summed E-state index contributed by atoms with van der Waals surface area (Å²) in [5.74, 6) is 1.89. The predicted octanol–water partition coefficient (Wildman–Crippen LogP) is 1.26. The van der Waals surface area contributed by atoms with Crippen molar-refractivity contribution in [2.75, 3.05) is 71.5 Å². The van der Waals surface area contributed by atoms with E-state index in [9.17, 15) is 0 Å². The van der Waals surface area contributed by atoms with Crippen LogP contribution in [0.5, 0.6) is 5.75 Å². The van der Waals surface area contributed by atoms with Gasteiger partial charge >= 0.3 is 0 Å². The van der Waals surface area contributed by atoms with E-state index in [0.29, 0.717) is 6.04 Å². The SMILES string of the molecule is CN=C(NCC1CN2CCCC2CO1)N1CCN(c2ccc(OC)cc2)CC1. The minimum absolute atomic E-state index is 0.256. The molecule has 0 radical (unpaired) electrons. The molecule has 1 aromatic carbocycles. The molecule has 3 aliphatic rings. The van der Waals surface area contributed by atoms with Crippen molar-refractivity contribution in [2.24, 2.45) is 4.99 Å². The molecule has 7 heteroatoms. The topological polar surface area (TPSA) is 52.6 Å². The molecule has 2 atom stereocenters. The number of ether oxygens (including phenoxy) is 2. The van der Waals surface area contributed by atoms with Gasteiger partial charge in [0.25, 0.3) is 0 Å². The first-order valence-electron chi connectivity index (χ1n) is 10.5. The molecule has 1 aromatic rings. The van der Waals surface area contributed by atoms with Gasteiger partial charge in [0.15, 0.2) is 5.96 Å². The molecule has 1 N–H and O–H groups in total. The maximum absolute atomic E-state index is 6.07. The summed E-state index contributed by atoms with van der Waals surface area (Å²) in [6.07, 6.45) is 2.86. The Bertz CT molecular complexity index is 657. The number of methoxy groups -OCH3 is 1. The van der Waals surface area contributed by atoms with Crippen molar-refractivity contribution in [3.63, 3.8) is 0 Å². The molecule has 0 bridgehead atoms. The molecule has 0 amide bonds. The predicted molar refractivity (Wildman–Crippen MR) is 112 cm³/mol. The Hall–Kier alpha value is -1.99. The molecule has 2 unspecified atom stereocenters. The zero-order chi connectivity index (χ0) is 19.3. The molecule has 0 saturated carbocycles. The number of aliphatic imine (C=N–C) groups is 1. The molecule has 3 saturated heterocycles. The van der Waals surface area contributed by atoms with Crippen molar-refractivity contribution in [3.05, 3.63) is 24.3 Å². The number of nitrogens with zero attached hydrogens (tertiary/aromatic N) is 4. The van der Waals surface area contributed by atoms with E-state index in [1.165, 1.54) is 25.1 Å². The molecule has 0 aliphatic carbocycles. The van der Waals surface area contributed by atoms with E-state index in [-0.39, 0.29) is 6.10 Å². The molecule has 28 heavy (non-hydrogen) atoms. The van der Waals surface area contributed by atoms with Gasteiger partial charge in [0.05, 0.1) is 19.8 Å². The average Bonchev–Trinajstić information content (AvgIpc) is 3.23. The zero-order valence-corrected chi connectivity index (χ0v) is 17.1. The molecule has 3 aliphatic heterocycles. The number of nitrogens with one attached hydrogen (secondary N) is 1. The summed E-state index contributed by atoms with van der Waals surface area (Å²) in [7, 11) is 3.57. The van der Waals surface area contributed by atoms with Gasteiger partial charge in [-0.1, -0.05) is 0 Å². The maximum atomic E-state index is 6.07. The highest BCUT2D eigenvalue weighted by Gasteiger charge is 2.32. The van der Waals surface area contributed by atoms with E-state index in [2.05, 4.69) is 37.1 Å². The Kier molecular flexibility index (Phi) is 6.22. The Labute approximate surface area is 168 Å². The van der Waals surface area contributed by atoms with Crippen LogP contribution in [0.2, 0.25) is 0 Å². The molecule has 3 fully saturated rings. The van der Waals surface area contributed by atoms with Crippen LogP contribution in [0, 0.1) is 0 Å². The lowest BCUT2D eigenvalue weighted by atomic mass is 10.2. The lowest BCUT2D eigenvalue weighted by Crippen LogP contribution is -2.55. The number of piperazine rings is 1. The van der Waals surface area contributed by atoms with Gasteiger partial charge in [-0.3, -0.25) is 9.89 Å². The number of morpholine rings is 1. The van der Waals surface area contributed by atoms with Crippen molar-refractivity contribution < 1.29 is 9.47 Å². The average molecular weight is 388 g/mol. The molecule has 3 heterocycles. The Morgan fingerprint density at radius 1 is 1.18 bits per heavy atom. The molecule has 4 rings (SSSR count). The third-order valence-electron chi connectivity index (χ3n) is 6.18. The van der Waals surface area contributed by atoms with E-state index in [1.54, 1.807) is 7.11 Å². The van der Waals surface area contributed by atoms with Gasteiger partial charge in [0.2, 0.25) is 0 Å². The smallest absolute Gasteiger partial charge is 0.193 e. The summed E-state index contributed by atoms with van der Waals surface area (Å²) in [6.45, 7) is 7.88. The van der Waals surface area contributed by atoms with Gasteiger partial charge < -0.3 is 24.6 Å². The minimum atomic E-state index is 0.256. The van der Waals surface area contributed by atoms with Gasteiger partial charge in [-0.15, -0.1) is 0 Å². The van der Waals surface area contributed by atoms with Crippen LogP contribution in [0.3, 0.4) is 0 Å². The fourth-order valence-corrected chi connectivity index (χ4v) is 4.52. The number of fused-ring (bicyclic) bond motifs is 1. The first-order chi connectivity index (χ1) is 13.8. The van der Waals surface area contributed by atoms with E-state index in [0.717, 1.165) is 57.6 Å². The lowest BCUT2D eigenvalue weighted by Gasteiger charge is -2.39. The Morgan fingerprint density at radius 2 is 1.96 bits per heavy atom. The van der Waals surface area contributed by atoms with Crippen molar-refractivity contribution in [1.29, 1.82) is 0 Å². The fraction of sp³-hybridized carbons (Fsp3) is 0.667. The maximum Gasteiger partial charge on any atom is 0.193 e. The number of benzene rings is 1. The monoisotopic (exact) mass is 387 g/mol. The second-order valence-corrected chi connectivity index (χ2v) is 7.85. The number of anilines is 1. The third kappa shape index (κ3) is 4.36.